The maximum absolute atomic E-state index is 12.7. The molecule has 1 fully saturated rings. The molecule has 0 spiro atoms. The first kappa shape index (κ1) is 17.3. The molecule has 3 nitrogen and oxygen atoms in total. The molecule has 1 atom stereocenters. The molecule has 0 unspecified atom stereocenters. The third-order valence-electron chi connectivity index (χ3n) is 4.98. The monoisotopic (exact) mass is 356 g/mol. The Bertz CT molecular complexity index is 875. The number of hydrogen-bond donors (Lipinski definition) is 0. The Kier molecular flexibility index (Phi) is 5.20. The zero-order valence-electron chi connectivity index (χ0n) is 15.2. The van der Waals surface area contributed by atoms with Gasteiger partial charge in [0.15, 0.2) is 0 Å². The first-order valence-corrected chi connectivity index (χ1v) is 9.37. The lowest BCUT2D eigenvalue weighted by Crippen LogP contribution is -2.39. The number of benzene rings is 3. The molecule has 3 heteroatoms. The van der Waals surface area contributed by atoms with E-state index in [4.69, 9.17) is 4.74 Å². The maximum Gasteiger partial charge on any atom is 0.254 e. The number of nitrogens with zero attached hydrogens (tertiary/aromatic N) is 1. The smallest absolute Gasteiger partial charge is 0.254 e. The number of amides is 1. The average Bonchev–Trinajstić information content (AvgIpc) is 3.22. The van der Waals surface area contributed by atoms with Crippen LogP contribution in [0.4, 0.5) is 0 Å². The van der Waals surface area contributed by atoms with E-state index in [0.717, 1.165) is 41.8 Å². The Morgan fingerprint density at radius 3 is 2.52 bits per heavy atom. The Morgan fingerprint density at radius 1 is 1.00 bits per heavy atom. The summed E-state index contributed by atoms with van der Waals surface area (Å²) < 4.78 is 5.99. The molecular weight excluding hydrogens is 334 g/mol. The average molecular weight is 356 g/mol. The van der Waals surface area contributed by atoms with Gasteiger partial charge in [0.1, 0.15) is 12.4 Å². The first-order chi connectivity index (χ1) is 13.3. The minimum absolute atomic E-state index is 0.0941. The zero-order valence-corrected chi connectivity index (χ0v) is 15.2. The standard InChI is InChI=1S/C24H22NO2/c26-24(21-10-5-2-6-11-21)25-17-7-12-22(25)18-27-23-15-13-20(14-16-23)19-8-3-1-4-9-19/h1-6,8,10-11,13-16,22H,7,12,17-18H2/t22-/m0/s1. The van der Waals surface area contributed by atoms with Crippen LogP contribution >= 0.6 is 0 Å². The fourth-order valence-corrected chi connectivity index (χ4v) is 3.52. The number of likely N-dealkylation sites (tertiary alicyclic amines) is 1. The minimum atomic E-state index is 0.0941. The summed E-state index contributed by atoms with van der Waals surface area (Å²) in [5.74, 6) is 0.922. The molecule has 1 heterocycles. The Morgan fingerprint density at radius 2 is 1.78 bits per heavy atom. The van der Waals surface area contributed by atoms with Crippen molar-refractivity contribution in [1.82, 2.24) is 4.90 Å². The largest absolute Gasteiger partial charge is 0.491 e. The predicted molar refractivity (Wildman–Crippen MR) is 107 cm³/mol. The summed E-state index contributed by atoms with van der Waals surface area (Å²) in [5.41, 5.74) is 2.93. The van der Waals surface area contributed by atoms with Crippen LogP contribution in [-0.4, -0.2) is 30.0 Å². The van der Waals surface area contributed by atoms with E-state index in [0.29, 0.717) is 6.61 Å². The van der Waals surface area contributed by atoms with Crippen molar-refractivity contribution in [3.63, 3.8) is 0 Å². The molecule has 3 aromatic carbocycles. The summed E-state index contributed by atoms with van der Waals surface area (Å²) >= 11 is 0. The molecule has 0 bridgehead atoms. The molecule has 135 valence electrons. The molecule has 27 heavy (non-hydrogen) atoms. The van der Waals surface area contributed by atoms with Crippen molar-refractivity contribution in [2.75, 3.05) is 13.2 Å². The van der Waals surface area contributed by atoms with Crippen LogP contribution in [0, 0.1) is 6.07 Å². The molecule has 4 rings (SSSR count). The van der Waals surface area contributed by atoms with Crippen LogP contribution in [0.1, 0.15) is 23.2 Å². The Labute approximate surface area is 160 Å². The Hall–Kier alpha value is -3.07. The van der Waals surface area contributed by atoms with Crippen LogP contribution < -0.4 is 4.74 Å². The van der Waals surface area contributed by atoms with Gasteiger partial charge in [0.2, 0.25) is 0 Å². The SMILES string of the molecule is O=C(c1ccccc1)N1CCC[C@H]1COc1ccc(-c2[c]cccc2)cc1. The van der Waals surface area contributed by atoms with E-state index in [2.05, 4.69) is 6.07 Å². The van der Waals surface area contributed by atoms with Crippen LogP contribution in [0.3, 0.4) is 0 Å². The minimum Gasteiger partial charge on any atom is -0.491 e. The molecule has 0 aromatic heterocycles. The molecule has 0 saturated carbocycles. The van der Waals surface area contributed by atoms with Crippen molar-refractivity contribution >= 4 is 5.91 Å². The summed E-state index contributed by atoms with van der Waals surface area (Å²) in [7, 11) is 0. The van der Waals surface area contributed by atoms with Gasteiger partial charge in [0.05, 0.1) is 6.04 Å². The summed E-state index contributed by atoms with van der Waals surface area (Å²) in [6, 6.07) is 28.8. The molecule has 0 N–H and O–H groups in total. The molecule has 0 aliphatic carbocycles. The number of carbonyl (C=O) groups is 1. The second kappa shape index (κ2) is 8.09. The van der Waals surface area contributed by atoms with Gasteiger partial charge in [-0.1, -0.05) is 54.6 Å². The van der Waals surface area contributed by atoms with Crippen molar-refractivity contribution in [1.29, 1.82) is 0 Å². The molecule has 1 amide bonds. The van der Waals surface area contributed by atoms with Gasteiger partial charge in [-0.2, -0.15) is 0 Å². The van der Waals surface area contributed by atoms with Crippen molar-refractivity contribution in [2.45, 2.75) is 18.9 Å². The van der Waals surface area contributed by atoms with Gasteiger partial charge >= 0.3 is 0 Å². The van der Waals surface area contributed by atoms with Gasteiger partial charge in [-0.15, -0.1) is 0 Å². The molecule has 3 aromatic rings. The molecule has 1 aliphatic heterocycles. The lowest BCUT2D eigenvalue weighted by Gasteiger charge is -2.25. The lowest BCUT2D eigenvalue weighted by atomic mass is 10.1. The number of carbonyl (C=O) groups excluding carboxylic acids is 1. The normalized spacial score (nSPS) is 16.3. The van der Waals surface area contributed by atoms with E-state index >= 15 is 0 Å². The molecule has 1 radical (unpaired) electrons. The first-order valence-electron chi connectivity index (χ1n) is 9.37. The van der Waals surface area contributed by atoms with Crippen LogP contribution in [0.2, 0.25) is 0 Å². The number of hydrogen-bond acceptors (Lipinski definition) is 2. The van der Waals surface area contributed by atoms with Gasteiger partial charge in [0.25, 0.3) is 5.91 Å². The van der Waals surface area contributed by atoms with Crippen molar-refractivity contribution in [3.05, 3.63) is 90.5 Å². The number of ether oxygens (including phenoxy) is 1. The highest BCUT2D eigenvalue weighted by Gasteiger charge is 2.29. The van der Waals surface area contributed by atoms with Crippen molar-refractivity contribution in [3.8, 4) is 16.9 Å². The fourth-order valence-electron chi connectivity index (χ4n) is 3.52. The second-order valence-corrected chi connectivity index (χ2v) is 6.77. The maximum atomic E-state index is 12.7. The van der Waals surface area contributed by atoms with Crippen LogP contribution in [0.15, 0.2) is 78.9 Å². The summed E-state index contributed by atoms with van der Waals surface area (Å²) in [5, 5.41) is 0. The summed E-state index contributed by atoms with van der Waals surface area (Å²) in [6.45, 7) is 1.32. The zero-order chi connectivity index (χ0) is 18.5. The summed E-state index contributed by atoms with van der Waals surface area (Å²) in [4.78, 5) is 14.7. The summed E-state index contributed by atoms with van der Waals surface area (Å²) in [6.07, 6.45) is 2.00. The predicted octanol–water partition coefficient (Wildman–Crippen LogP) is 4.84. The van der Waals surface area contributed by atoms with Gasteiger partial charge in [-0.25, -0.2) is 0 Å². The van der Waals surface area contributed by atoms with E-state index in [-0.39, 0.29) is 11.9 Å². The number of rotatable bonds is 5. The highest BCUT2D eigenvalue weighted by Crippen LogP contribution is 2.24. The van der Waals surface area contributed by atoms with Gasteiger partial charge in [-0.3, -0.25) is 4.79 Å². The van der Waals surface area contributed by atoms with Crippen LogP contribution in [-0.2, 0) is 0 Å². The van der Waals surface area contributed by atoms with Crippen molar-refractivity contribution in [2.24, 2.45) is 0 Å². The quantitative estimate of drug-likeness (QED) is 0.655. The van der Waals surface area contributed by atoms with E-state index in [1.807, 2.05) is 83.8 Å². The van der Waals surface area contributed by atoms with Gasteiger partial charge < -0.3 is 9.64 Å². The fraction of sp³-hybridized carbons (Fsp3) is 0.208. The van der Waals surface area contributed by atoms with Crippen molar-refractivity contribution < 1.29 is 9.53 Å². The topological polar surface area (TPSA) is 29.5 Å². The van der Waals surface area contributed by atoms with Crippen LogP contribution in [0.25, 0.3) is 11.1 Å². The third kappa shape index (κ3) is 4.03. The molecule has 1 saturated heterocycles. The molecule has 1 aliphatic rings. The second-order valence-electron chi connectivity index (χ2n) is 6.77. The Balaban J connectivity index is 1.38. The highest BCUT2D eigenvalue weighted by atomic mass is 16.5. The van der Waals surface area contributed by atoms with E-state index in [9.17, 15) is 4.79 Å². The lowest BCUT2D eigenvalue weighted by molar-refractivity contribution is 0.0691. The van der Waals surface area contributed by atoms with Crippen LogP contribution in [0.5, 0.6) is 5.75 Å². The van der Waals surface area contributed by atoms with Gasteiger partial charge in [0, 0.05) is 12.1 Å². The molecular formula is C24H22NO2. The highest BCUT2D eigenvalue weighted by molar-refractivity contribution is 5.94. The van der Waals surface area contributed by atoms with E-state index in [1.165, 1.54) is 0 Å². The van der Waals surface area contributed by atoms with Gasteiger partial charge in [-0.05, 0) is 54.3 Å². The van der Waals surface area contributed by atoms with E-state index in [1.54, 1.807) is 0 Å². The van der Waals surface area contributed by atoms with E-state index < -0.39 is 0 Å². The third-order valence-corrected chi connectivity index (χ3v) is 4.98.